The van der Waals surface area contributed by atoms with Crippen molar-refractivity contribution in [1.29, 1.82) is 0 Å². The number of aromatic nitrogens is 2. The molecule has 0 spiro atoms. The molecule has 0 amide bonds. The van der Waals surface area contributed by atoms with E-state index in [1.54, 1.807) is 6.92 Å². The van der Waals surface area contributed by atoms with Crippen molar-refractivity contribution in [2.45, 2.75) is 39.2 Å². The van der Waals surface area contributed by atoms with Crippen LogP contribution in [0.15, 0.2) is 46.4 Å². The molecule has 0 fully saturated rings. The van der Waals surface area contributed by atoms with Crippen molar-refractivity contribution in [3.63, 3.8) is 0 Å². The van der Waals surface area contributed by atoms with Gasteiger partial charge in [-0.2, -0.15) is 0 Å². The number of hydrogen-bond acceptors (Lipinski definition) is 7. The molecule has 2 aromatic rings. The third kappa shape index (κ3) is 6.25. The molecule has 168 valence electrons. The molecule has 0 aliphatic rings. The van der Waals surface area contributed by atoms with Crippen molar-refractivity contribution >= 4 is 21.7 Å². The van der Waals surface area contributed by atoms with Gasteiger partial charge in [0.05, 0.1) is 23.0 Å². The van der Waals surface area contributed by atoms with Crippen LogP contribution in [-0.2, 0) is 15.6 Å². The number of carbonyl (C=O) groups is 1. The van der Waals surface area contributed by atoms with Crippen molar-refractivity contribution in [2.75, 3.05) is 17.6 Å². The van der Waals surface area contributed by atoms with E-state index in [0.717, 1.165) is 22.6 Å². The highest BCUT2D eigenvalue weighted by Gasteiger charge is 2.29. The second-order valence-corrected chi connectivity index (χ2v) is 9.67. The number of aromatic carboxylic acids is 1. The van der Waals surface area contributed by atoms with Crippen molar-refractivity contribution < 1.29 is 22.7 Å². The van der Waals surface area contributed by atoms with Gasteiger partial charge in [-0.3, -0.25) is 4.31 Å². The normalized spacial score (nSPS) is 14.6. The van der Waals surface area contributed by atoms with E-state index in [-0.39, 0.29) is 28.6 Å². The number of carboxylic acid groups (broad SMARTS) is 1. The summed E-state index contributed by atoms with van der Waals surface area (Å²) in [6, 6.07) is 4.07. The highest BCUT2D eigenvalue weighted by atomic mass is 32.2. The minimum absolute atomic E-state index is 0.0467. The van der Waals surface area contributed by atoms with Crippen LogP contribution in [0.2, 0.25) is 0 Å². The Labute approximate surface area is 182 Å². The summed E-state index contributed by atoms with van der Waals surface area (Å²) in [4.78, 5) is 11.5. The Hall–Kier alpha value is -2.98. The Morgan fingerprint density at radius 3 is 2.58 bits per heavy atom. The van der Waals surface area contributed by atoms with Crippen LogP contribution in [0.4, 0.5) is 5.69 Å². The summed E-state index contributed by atoms with van der Waals surface area (Å²) in [5.41, 5.74) is 6.82. The number of allylic oxidation sites excluding steroid dienone is 3. The maximum Gasteiger partial charge on any atom is 0.335 e. The molecule has 1 atom stereocenters. The molecule has 0 radical (unpaired) electrons. The fraction of sp³-hybridized carbons (Fsp3) is 0.381. The number of rotatable bonds is 9. The summed E-state index contributed by atoms with van der Waals surface area (Å²) in [6.45, 7) is 5.76. The summed E-state index contributed by atoms with van der Waals surface area (Å²) >= 11 is 0. The van der Waals surface area contributed by atoms with E-state index in [2.05, 4.69) is 10.2 Å². The summed E-state index contributed by atoms with van der Waals surface area (Å²) in [6.07, 6.45) is 8.39. The van der Waals surface area contributed by atoms with Crippen LogP contribution in [0.25, 0.3) is 11.5 Å². The van der Waals surface area contributed by atoms with Gasteiger partial charge >= 0.3 is 5.97 Å². The Morgan fingerprint density at radius 2 is 2.00 bits per heavy atom. The van der Waals surface area contributed by atoms with Crippen LogP contribution < -0.4 is 10.0 Å². The molecule has 2 rings (SSSR count). The minimum Gasteiger partial charge on any atom is -0.478 e. The van der Waals surface area contributed by atoms with Gasteiger partial charge < -0.3 is 15.3 Å². The molecular weight excluding hydrogens is 420 g/mol. The molecule has 1 heterocycles. The molecule has 0 aliphatic carbocycles. The quantitative estimate of drug-likeness (QED) is 0.557. The van der Waals surface area contributed by atoms with Crippen LogP contribution in [0.5, 0.6) is 0 Å². The highest BCUT2D eigenvalue weighted by Crippen LogP contribution is 2.30. The zero-order valence-electron chi connectivity index (χ0n) is 18.3. The van der Waals surface area contributed by atoms with Crippen LogP contribution >= 0.6 is 0 Å². The number of nitrogens with zero attached hydrogens (tertiary/aromatic N) is 3. The number of sulfonamides is 1. The van der Waals surface area contributed by atoms with Crippen LogP contribution in [0, 0.1) is 0 Å². The average Bonchev–Trinajstić information content (AvgIpc) is 3.17. The van der Waals surface area contributed by atoms with E-state index in [9.17, 15) is 18.3 Å². The fourth-order valence-corrected chi connectivity index (χ4v) is 3.37. The Kier molecular flexibility index (Phi) is 7.40. The maximum atomic E-state index is 11.9. The van der Waals surface area contributed by atoms with Gasteiger partial charge in [-0.05, 0) is 44.9 Å². The molecule has 9 nitrogen and oxygen atoms in total. The predicted molar refractivity (Wildman–Crippen MR) is 119 cm³/mol. The topological polar surface area (TPSA) is 140 Å². The summed E-state index contributed by atoms with van der Waals surface area (Å²) < 4.78 is 30.5. The second kappa shape index (κ2) is 9.44. The van der Waals surface area contributed by atoms with Gasteiger partial charge in [0.25, 0.3) is 0 Å². The summed E-state index contributed by atoms with van der Waals surface area (Å²) in [7, 11) is -2.26. The van der Waals surface area contributed by atoms with Crippen LogP contribution in [-0.4, -0.2) is 43.0 Å². The minimum atomic E-state index is -3.60. The Morgan fingerprint density at radius 1 is 1.32 bits per heavy atom. The lowest BCUT2D eigenvalue weighted by Crippen LogP contribution is -2.33. The largest absolute Gasteiger partial charge is 0.478 e. The molecule has 31 heavy (non-hydrogen) atoms. The summed E-state index contributed by atoms with van der Waals surface area (Å²) in [5, 5.41) is 17.5. The number of hydrogen-bond donors (Lipinski definition) is 2. The van der Waals surface area contributed by atoms with Gasteiger partial charge in [-0.1, -0.05) is 30.7 Å². The maximum absolute atomic E-state index is 11.9. The molecule has 0 aliphatic heterocycles. The highest BCUT2D eigenvalue weighted by molar-refractivity contribution is 7.92. The van der Waals surface area contributed by atoms with Crippen molar-refractivity contribution in [1.82, 2.24) is 10.2 Å². The molecule has 1 aromatic heterocycles. The van der Waals surface area contributed by atoms with Gasteiger partial charge in [0.15, 0.2) is 0 Å². The van der Waals surface area contributed by atoms with E-state index in [1.165, 1.54) is 25.2 Å². The first-order valence-corrected chi connectivity index (χ1v) is 11.5. The predicted octanol–water partition coefficient (Wildman–Crippen LogP) is 3.31. The standard InChI is InChI=1S/C21H28N4O5S/c1-6-7-8-9-14(2)13-21(3,22)20-24-23-18(30-20)15-10-16(19(26)27)12-17(11-15)25(4)31(5,28)29/h7-12H,6,13,22H2,1-5H3,(H,26,27). The average molecular weight is 449 g/mol. The lowest BCUT2D eigenvalue weighted by atomic mass is 9.94. The van der Waals surface area contributed by atoms with Gasteiger partial charge in [-0.25, -0.2) is 13.2 Å². The van der Waals surface area contributed by atoms with Gasteiger partial charge in [0.2, 0.25) is 21.8 Å². The zero-order valence-corrected chi connectivity index (χ0v) is 19.1. The first kappa shape index (κ1) is 24.3. The molecule has 0 bridgehead atoms. The molecule has 10 heteroatoms. The molecule has 1 unspecified atom stereocenters. The smallest absolute Gasteiger partial charge is 0.335 e. The third-order valence-electron chi connectivity index (χ3n) is 4.58. The van der Waals surface area contributed by atoms with E-state index in [4.69, 9.17) is 10.2 Å². The van der Waals surface area contributed by atoms with Crippen LogP contribution in [0.3, 0.4) is 0 Å². The Balaban J connectivity index is 2.43. The molecular formula is C21H28N4O5S. The lowest BCUT2D eigenvalue weighted by molar-refractivity contribution is 0.0697. The van der Waals surface area contributed by atoms with Crippen molar-refractivity contribution in [3.8, 4) is 11.5 Å². The second-order valence-electron chi connectivity index (χ2n) is 7.66. The first-order valence-electron chi connectivity index (χ1n) is 9.63. The molecule has 0 saturated carbocycles. The fourth-order valence-electron chi connectivity index (χ4n) is 2.88. The third-order valence-corrected chi connectivity index (χ3v) is 5.79. The van der Waals surface area contributed by atoms with E-state index in [1.807, 2.05) is 32.1 Å². The number of nitrogens with two attached hydrogens (primary N) is 1. The van der Waals surface area contributed by atoms with Crippen LogP contribution in [0.1, 0.15) is 49.9 Å². The van der Waals surface area contributed by atoms with E-state index in [0.29, 0.717) is 6.42 Å². The van der Waals surface area contributed by atoms with Crippen molar-refractivity contribution in [3.05, 3.63) is 53.5 Å². The molecule has 1 aromatic carbocycles. The van der Waals surface area contributed by atoms with Gasteiger partial charge in [0, 0.05) is 12.6 Å². The summed E-state index contributed by atoms with van der Waals surface area (Å²) in [5.74, 6) is -0.979. The molecule has 0 saturated heterocycles. The SMILES string of the molecule is CCC=CC=C(C)CC(C)(N)c1nnc(-c2cc(C(=O)O)cc(N(C)S(C)(=O)=O)c2)o1. The molecule has 3 N–H and O–H groups in total. The zero-order chi connectivity index (χ0) is 23.4. The Bertz CT molecular complexity index is 1120. The van der Waals surface area contributed by atoms with Crippen molar-refractivity contribution in [2.24, 2.45) is 5.73 Å². The van der Waals surface area contributed by atoms with E-state index >= 15 is 0 Å². The number of benzene rings is 1. The van der Waals surface area contributed by atoms with Gasteiger partial charge in [-0.15, -0.1) is 10.2 Å². The van der Waals surface area contributed by atoms with E-state index < -0.39 is 21.5 Å². The lowest BCUT2D eigenvalue weighted by Gasteiger charge is -2.20. The van der Waals surface area contributed by atoms with Gasteiger partial charge in [0.1, 0.15) is 0 Å². The first-order chi connectivity index (χ1) is 14.3. The number of carboxylic acids is 1. The number of anilines is 1. The monoisotopic (exact) mass is 448 g/mol.